The van der Waals surface area contributed by atoms with Crippen molar-refractivity contribution >= 4 is 7.68 Å². The number of hydrogen-bond donors (Lipinski definition) is 0. The Balaban J connectivity index is 3.57. The summed E-state index contributed by atoms with van der Waals surface area (Å²) in [6, 6.07) is 0. The minimum atomic E-state index is -3.79. The fourth-order valence-electron chi connectivity index (χ4n) is 1.74. The maximum Gasteiger partial charge on any atom is 0.367 e. The Morgan fingerprint density at radius 2 is 1.82 bits per heavy atom. The molecule has 0 N–H and O–H groups in total. The van der Waals surface area contributed by atoms with Crippen LogP contribution in [0.3, 0.4) is 0 Å². The van der Waals surface area contributed by atoms with Crippen LogP contribution in [0.4, 0.5) is 4.20 Å². The summed E-state index contributed by atoms with van der Waals surface area (Å²) in [6.07, 6.45) is 5.01. The van der Waals surface area contributed by atoms with E-state index in [1.165, 1.54) is 12.8 Å². The molecule has 2 unspecified atom stereocenters. The minimum absolute atomic E-state index is 0.0503. The molecule has 2 atom stereocenters. The molecule has 0 radical (unpaired) electrons. The SMILES string of the molecule is CCCP(=O)(F)OCCC(C)CCCC(C)C. The molecule has 0 rings (SSSR count). The van der Waals surface area contributed by atoms with E-state index in [4.69, 9.17) is 4.52 Å². The van der Waals surface area contributed by atoms with Crippen LogP contribution in [0, 0.1) is 11.8 Å². The topological polar surface area (TPSA) is 26.3 Å². The van der Waals surface area contributed by atoms with Crippen LogP contribution in [0.25, 0.3) is 0 Å². The lowest BCUT2D eigenvalue weighted by atomic mass is 9.98. The highest BCUT2D eigenvalue weighted by molar-refractivity contribution is 7.53. The zero-order chi connectivity index (χ0) is 13.3. The van der Waals surface area contributed by atoms with Crippen molar-refractivity contribution in [2.45, 2.75) is 59.8 Å². The predicted octanol–water partition coefficient (Wildman–Crippen LogP) is 5.43. The summed E-state index contributed by atoms with van der Waals surface area (Å²) < 4.78 is 29.3. The molecule has 0 amide bonds. The minimum Gasteiger partial charge on any atom is -0.306 e. The molecule has 0 spiro atoms. The highest BCUT2D eigenvalue weighted by atomic mass is 31.2. The second-order valence-electron chi connectivity index (χ2n) is 5.37. The Morgan fingerprint density at radius 1 is 1.18 bits per heavy atom. The van der Waals surface area contributed by atoms with E-state index in [1.54, 1.807) is 0 Å². The van der Waals surface area contributed by atoms with Crippen LogP contribution in [-0.2, 0) is 9.09 Å². The molecule has 4 heteroatoms. The van der Waals surface area contributed by atoms with Crippen LogP contribution in [0.1, 0.15) is 59.8 Å². The molecular formula is C13H28FO2P. The van der Waals surface area contributed by atoms with Gasteiger partial charge in [0.25, 0.3) is 0 Å². The van der Waals surface area contributed by atoms with Crippen molar-refractivity contribution in [2.75, 3.05) is 12.8 Å². The maximum atomic E-state index is 13.2. The van der Waals surface area contributed by atoms with Crippen molar-refractivity contribution in [3.63, 3.8) is 0 Å². The molecule has 0 aromatic heterocycles. The molecule has 0 saturated carbocycles. The van der Waals surface area contributed by atoms with Gasteiger partial charge in [0.2, 0.25) is 0 Å². The Kier molecular flexibility index (Phi) is 9.17. The molecule has 0 aliphatic heterocycles. The van der Waals surface area contributed by atoms with Gasteiger partial charge in [-0.25, -0.2) is 0 Å². The van der Waals surface area contributed by atoms with Crippen LogP contribution >= 0.6 is 7.68 Å². The van der Waals surface area contributed by atoms with Gasteiger partial charge in [0.15, 0.2) is 0 Å². The van der Waals surface area contributed by atoms with Gasteiger partial charge in [-0.3, -0.25) is 4.57 Å². The van der Waals surface area contributed by atoms with E-state index in [2.05, 4.69) is 20.8 Å². The number of hydrogen-bond acceptors (Lipinski definition) is 2. The standard InChI is InChI=1S/C13H28FO2P/c1-5-11-17(14,15)16-10-9-13(4)8-6-7-12(2)3/h12-13H,5-11H2,1-4H3. The summed E-state index contributed by atoms with van der Waals surface area (Å²) in [4.78, 5) is 0. The first-order valence-corrected chi connectivity index (χ1v) is 8.50. The molecule has 0 aliphatic carbocycles. The number of rotatable bonds is 10. The highest BCUT2D eigenvalue weighted by Crippen LogP contribution is 2.49. The molecule has 2 nitrogen and oxygen atoms in total. The Bertz CT molecular complexity index is 231. The fraction of sp³-hybridized carbons (Fsp3) is 1.00. The molecule has 0 aromatic rings. The van der Waals surface area contributed by atoms with Crippen LogP contribution < -0.4 is 0 Å². The zero-order valence-electron chi connectivity index (χ0n) is 11.7. The molecule has 0 fully saturated rings. The van der Waals surface area contributed by atoms with Gasteiger partial charge in [0, 0.05) is 0 Å². The van der Waals surface area contributed by atoms with Gasteiger partial charge in [-0.15, -0.1) is 0 Å². The van der Waals surface area contributed by atoms with Crippen molar-refractivity contribution in [2.24, 2.45) is 11.8 Å². The first-order valence-electron chi connectivity index (χ1n) is 6.80. The summed E-state index contributed by atoms with van der Waals surface area (Å²) in [5, 5.41) is 0. The summed E-state index contributed by atoms with van der Waals surface area (Å²) in [6.45, 7) is 8.68. The van der Waals surface area contributed by atoms with E-state index in [-0.39, 0.29) is 12.8 Å². The summed E-state index contributed by atoms with van der Waals surface area (Å²) in [5.74, 6) is 1.27. The smallest absolute Gasteiger partial charge is 0.306 e. The van der Waals surface area contributed by atoms with E-state index >= 15 is 0 Å². The summed E-state index contributed by atoms with van der Waals surface area (Å²) >= 11 is 0. The average molecular weight is 266 g/mol. The lowest BCUT2D eigenvalue weighted by Gasteiger charge is -2.13. The normalized spacial score (nSPS) is 17.1. The summed E-state index contributed by atoms with van der Waals surface area (Å²) in [7, 11) is -3.79. The van der Waals surface area contributed by atoms with Gasteiger partial charge >= 0.3 is 7.68 Å². The molecule has 0 saturated heterocycles. The van der Waals surface area contributed by atoms with Crippen LogP contribution in [0.15, 0.2) is 0 Å². The van der Waals surface area contributed by atoms with Crippen molar-refractivity contribution in [3.05, 3.63) is 0 Å². The van der Waals surface area contributed by atoms with Gasteiger partial charge in [0.1, 0.15) is 0 Å². The van der Waals surface area contributed by atoms with E-state index in [0.29, 0.717) is 12.3 Å². The second kappa shape index (κ2) is 9.10. The van der Waals surface area contributed by atoms with Gasteiger partial charge in [-0.1, -0.05) is 47.0 Å². The van der Waals surface area contributed by atoms with Crippen molar-refractivity contribution < 1.29 is 13.3 Å². The maximum absolute atomic E-state index is 13.2. The molecule has 0 aliphatic rings. The average Bonchev–Trinajstić information content (AvgIpc) is 2.16. The third kappa shape index (κ3) is 11.0. The lowest BCUT2D eigenvalue weighted by Crippen LogP contribution is -2.02. The monoisotopic (exact) mass is 266 g/mol. The first-order chi connectivity index (χ1) is 7.87. The van der Waals surface area contributed by atoms with Gasteiger partial charge in [-0.05, 0) is 24.7 Å². The van der Waals surface area contributed by atoms with Gasteiger partial charge < -0.3 is 4.52 Å². The molecular weight excluding hydrogens is 238 g/mol. The Hall–Kier alpha value is 0.120. The van der Waals surface area contributed by atoms with Crippen molar-refractivity contribution in [1.82, 2.24) is 0 Å². The lowest BCUT2D eigenvalue weighted by molar-refractivity contribution is 0.256. The molecule has 0 heterocycles. The van der Waals surface area contributed by atoms with E-state index in [0.717, 1.165) is 18.8 Å². The quantitative estimate of drug-likeness (QED) is 0.493. The first kappa shape index (κ1) is 17.1. The second-order valence-corrected chi connectivity index (χ2v) is 7.25. The van der Waals surface area contributed by atoms with Gasteiger partial charge in [0.05, 0.1) is 12.8 Å². The van der Waals surface area contributed by atoms with Crippen molar-refractivity contribution in [1.29, 1.82) is 0 Å². The molecule has 17 heavy (non-hydrogen) atoms. The van der Waals surface area contributed by atoms with Crippen LogP contribution in [0.5, 0.6) is 0 Å². The Morgan fingerprint density at radius 3 is 2.35 bits per heavy atom. The summed E-state index contributed by atoms with van der Waals surface area (Å²) in [5.41, 5.74) is 0. The van der Waals surface area contributed by atoms with E-state index in [9.17, 15) is 8.76 Å². The number of halogens is 1. The van der Waals surface area contributed by atoms with Crippen LogP contribution in [-0.4, -0.2) is 12.8 Å². The van der Waals surface area contributed by atoms with Gasteiger partial charge in [-0.2, -0.15) is 4.20 Å². The third-order valence-corrected chi connectivity index (χ3v) is 4.41. The van der Waals surface area contributed by atoms with Crippen LogP contribution in [0.2, 0.25) is 0 Å². The molecule has 104 valence electrons. The molecule has 0 aromatic carbocycles. The fourth-order valence-corrected chi connectivity index (χ4v) is 2.78. The molecule has 0 bridgehead atoms. The van der Waals surface area contributed by atoms with E-state index in [1.807, 2.05) is 6.92 Å². The Labute approximate surface area is 106 Å². The van der Waals surface area contributed by atoms with Crippen molar-refractivity contribution in [3.8, 4) is 0 Å². The van der Waals surface area contributed by atoms with E-state index < -0.39 is 7.68 Å². The predicted molar refractivity (Wildman–Crippen MR) is 72.3 cm³/mol. The zero-order valence-corrected chi connectivity index (χ0v) is 12.6. The largest absolute Gasteiger partial charge is 0.367 e. The third-order valence-electron chi connectivity index (χ3n) is 2.86. The highest BCUT2D eigenvalue weighted by Gasteiger charge is 2.20.